The number of hydrogen-bond acceptors (Lipinski definition) is 7. The predicted octanol–water partition coefficient (Wildman–Crippen LogP) is 2.10. The van der Waals surface area contributed by atoms with E-state index < -0.39 is 5.91 Å². The highest BCUT2D eigenvalue weighted by molar-refractivity contribution is 5.90. The topological polar surface area (TPSA) is 107 Å². The fraction of sp³-hybridized carbons (Fsp3) is 0.444. The molecule has 0 spiro atoms. The van der Waals surface area contributed by atoms with Crippen LogP contribution in [0.15, 0.2) is 28.7 Å². The molecule has 0 bridgehead atoms. The van der Waals surface area contributed by atoms with Crippen LogP contribution in [0.25, 0.3) is 11.5 Å². The van der Waals surface area contributed by atoms with Crippen LogP contribution in [0.2, 0.25) is 0 Å². The minimum atomic E-state index is -0.432. The summed E-state index contributed by atoms with van der Waals surface area (Å²) in [6.07, 6.45) is 0.955. The van der Waals surface area contributed by atoms with Crippen LogP contribution in [-0.4, -0.2) is 59.9 Å². The molecule has 0 radical (unpaired) electrons. The van der Waals surface area contributed by atoms with Gasteiger partial charge < -0.3 is 24.1 Å². The Hall–Kier alpha value is -3.10. The summed E-state index contributed by atoms with van der Waals surface area (Å²) in [5, 5.41) is 10.6. The van der Waals surface area contributed by atoms with Crippen molar-refractivity contribution in [2.45, 2.75) is 25.8 Å². The van der Waals surface area contributed by atoms with Crippen LogP contribution in [-0.2, 0) is 4.74 Å². The van der Waals surface area contributed by atoms with Crippen molar-refractivity contribution in [3.05, 3.63) is 30.2 Å². The van der Waals surface area contributed by atoms with E-state index in [0.717, 1.165) is 0 Å². The lowest BCUT2D eigenvalue weighted by atomic mass is 10.1. The van der Waals surface area contributed by atoms with Gasteiger partial charge in [0.1, 0.15) is 5.75 Å². The summed E-state index contributed by atoms with van der Waals surface area (Å²) in [5.41, 5.74) is 0.620. The fourth-order valence-corrected chi connectivity index (χ4v) is 2.91. The highest BCUT2D eigenvalue weighted by Crippen LogP contribution is 2.28. The molecule has 0 unspecified atom stereocenters. The van der Waals surface area contributed by atoms with E-state index in [-0.39, 0.29) is 23.9 Å². The average Bonchev–Trinajstić information content (AvgIpc) is 3.19. The lowest BCUT2D eigenvalue weighted by Crippen LogP contribution is -2.46. The third-order valence-electron chi connectivity index (χ3n) is 4.31. The fourth-order valence-electron chi connectivity index (χ4n) is 2.91. The summed E-state index contributed by atoms with van der Waals surface area (Å²) < 4.78 is 15.8. The molecule has 3 rings (SSSR count). The van der Waals surface area contributed by atoms with E-state index in [9.17, 15) is 9.59 Å². The first-order valence-corrected chi connectivity index (χ1v) is 8.81. The van der Waals surface area contributed by atoms with E-state index in [1.54, 1.807) is 31.1 Å². The first kappa shape index (κ1) is 18.7. The number of amides is 2. The van der Waals surface area contributed by atoms with Crippen LogP contribution in [0, 0.1) is 0 Å². The summed E-state index contributed by atoms with van der Waals surface area (Å²) >= 11 is 0. The Bertz CT molecular complexity index is 799. The molecule has 1 aliphatic heterocycles. The number of likely N-dealkylation sites (tertiary alicyclic amines) is 1. The molecule has 1 fully saturated rings. The lowest BCUT2D eigenvalue weighted by Gasteiger charge is -2.31. The van der Waals surface area contributed by atoms with E-state index in [0.29, 0.717) is 43.9 Å². The van der Waals surface area contributed by atoms with Crippen LogP contribution in [0.3, 0.4) is 0 Å². The third kappa shape index (κ3) is 4.36. The van der Waals surface area contributed by atoms with Gasteiger partial charge in [-0.1, -0.05) is 12.1 Å². The molecule has 0 atom stereocenters. The Kier molecular flexibility index (Phi) is 5.90. The summed E-state index contributed by atoms with van der Waals surface area (Å²) in [4.78, 5) is 25.7. The van der Waals surface area contributed by atoms with Gasteiger partial charge in [0.15, 0.2) is 0 Å². The number of piperidine rings is 1. The van der Waals surface area contributed by atoms with Gasteiger partial charge in [-0.05, 0) is 31.9 Å². The number of nitrogens with zero attached hydrogens (tertiary/aromatic N) is 3. The molecule has 1 N–H and O–H groups in total. The quantitative estimate of drug-likeness (QED) is 0.854. The SMILES string of the molecule is CCOC(=O)N1CCC(NC(=O)c2nnc(-c3ccccc3OC)o2)CC1. The minimum absolute atomic E-state index is 0.0650. The maximum Gasteiger partial charge on any atom is 0.409 e. The number of carbonyl (C=O) groups excluding carboxylic acids is 2. The largest absolute Gasteiger partial charge is 0.496 e. The minimum Gasteiger partial charge on any atom is -0.496 e. The van der Waals surface area contributed by atoms with Gasteiger partial charge in [0.2, 0.25) is 0 Å². The Balaban J connectivity index is 1.58. The number of nitrogens with one attached hydrogen (secondary N) is 1. The van der Waals surface area contributed by atoms with Crippen LogP contribution >= 0.6 is 0 Å². The molecule has 9 heteroatoms. The van der Waals surface area contributed by atoms with E-state index in [1.165, 1.54) is 0 Å². The van der Waals surface area contributed by atoms with Crippen LogP contribution in [0.1, 0.15) is 30.5 Å². The zero-order valence-corrected chi connectivity index (χ0v) is 15.3. The highest BCUT2D eigenvalue weighted by Gasteiger charge is 2.26. The molecule has 0 saturated carbocycles. The van der Waals surface area contributed by atoms with Crippen molar-refractivity contribution in [2.24, 2.45) is 0 Å². The highest BCUT2D eigenvalue weighted by atomic mass is 16.6. The van der Waals surface area contributed by atoms with E-state index >= 15 is 0 Å². The number of methoxy groups -OCH3 is 1. The zero-order chi connectivity index (χ0) is 19.2. The molecule has 2 amide bonds. The summed E-state index contributed by atoms with van der Waals surface area (Å²) in [5.74, 6) is 0.260. The van der Waals surface area contributed by atoms with Gasteiger partial charge in [0.05, 0.1) is 19.3 Å². The first-order valence-electron chi connectivity index (χ1n) is 8.81. The summed E-state index contributed by atoms with van der Waals surface area (Å²) in [6, 6.07) is 7.13. The van der Waals surface area contributed by atoms with E-state index in [1.807, 2.05) is 12.1 Å². The van der Waals surface area contributed by atoms with E-state index in [4.69, 9.17) is 13.9 Å². The Morgan fingerprint density at radius 1 is 1.26 bits per heavy atom. The molecule has 9 nitrogen and oxygen atoms in total. The number of carbonyl (C=O) groups is 2. The van der Waals surface area contributed by atoms with Crippen molar-refractivity contribution >= 4 is 12.0 Å². The van der Waals surface area contributed by atoms with Crippen LogP contribution < -0.4 is 10.1 Å². The zero-order valence-electron chi connectivity index (χ0n) is 15.3. The molecule has 1 saturated heterocycles. The van der Waals surface area contributed by atoms with Crippen LogP contribution in [0.4, 0.5) is 4.79 Å². The van der Waals surface area contributed by atoms with Crippen molar-refractivity contribution in [1.29, 1.82) is 0 Å². The molecular formula is C18H22N4O5. The van der Waals surface area contributed by atoms with Gasteiger partial charge in [0, 0.05) is 19.1 Å². The van der Waals surface area contributed by atoms with Crippen LogP contribution in [0.5, 0.6) is 5.75 Å². The normalized spacial score (nSPS) is 14.7. The number of hydrogen-bond donors (Lipinski definition) is 1. The number of benzene rings is 1. The molecule has 27 heavy (non-hydrogen) atoms. The van der Waals surface area contributed by atoms with Crippen molar-refractivity contribution in [3.63, 3.8) is 0 Å². The number of ether oxygens (including phenoxy) is 2. The van der Waals surface area contributed by atoms with E-state index in [2.05, 4.69) is 15.5 Å². The molecule has 1 aromatic carbocycles. The summed E-state index contributed by atoms with van der Waals surface area (Å²) in [6.45, 7) is 3.18. The van der Waals surface area contributed by atoms with Crippen molar-refractivity contribution < 1.29 is 23.5 Å². The molecule has 144 valence electrons. The Labute approximate surface area is 156 Å². The maximum absolute atomic E-state index is 12.4. The van der Waals surface area contributed by atoms with Gasteiger partial charge in [-0.3, -0.25) is 4.79 Å². The number of rotatable bonds is 5. The first-order chi connectivity index (χ1) is 13.1. The number of aromatic nitrogens is 2. The van der Waals surface area contributed by atoms with Gasteiger partial charge in [-0.2, -0.15) is 0 Å². The van der Waals surface area contributed by atoms with Crippen molar-refractivity contribution in [2.75, 3.05) is 26.8 Å². The van der Waals surface area contributed by atoms with Gasteiger partial charge >= 0.3 is 17.9 Å². The lowest BCUT2D eigenvalue weighted by molar-refractivity contribution is 0.0836. The Morgan fingerprint density at radius 2 is 2.00 bits per heavy atom. The third-order valence-corrected chi connectivity index (χ3v) is 4.31. The molecule has 0 aliphatic carbocycles. The second kappa shape index (κ2) is 8.52. The smallest absolute Gasteiger partial charge is 0.409 e. The summed E-state index contributed by atoms with van der Waals surface area (Å²) in [7, 11) is 1.55. The van der Waals surface area contributed by atoms with Gasteiger partial charge in [0.25, 0.3) is 5.89 Å². The van der Waals surface area contributed by atoms with Crippen molar-refractivity contribution in [3.8, 4) is 17.2 Å². The molecular weight excluding hydrogens is 352 g/mol. The van der Waals surface area contributed by atoms with Crippen molar-refractivity contribution in [1.82, 2.24) is 20.4 Å². The van der Waals surface area contributed by atoms with Gasteiger partial charge in [-0.25, -0.2) is 4.79 Å². The number of para-hydroxylation sites is 1. The Morgan fingerprint density at radius 3 is 2.70 bits per heavy atom. The second-order valence-corrected chi connectivity index (χ2v) is 6.05. The second-order valence-electron chi connectivity index (χ2n) is 6.05. The maximum atomic E-state index is 12.4. The average molecular weight is 374 g/mol. The molecule has 1 aliphatic rings. The monoisotopic (exact) mass is 374 g/mol. The predicted molar refractivity (Wildman–Crippen MR) is 95.4 cm³/mol. The molecule has 2 aromatic rings. The van der Waals surface area contributed by atoms with Gasteiger partial charge in [-0.15, -0.1) is 10.2 Å². The molecule has 2 heterocycles. The standard InChI is InChI=1S/C18H22N4O5/c1-3-26-18(24)22-10-8-12(9-11-22)19-15(23)17-21-20-16(27-17)13-6-4-5-7-14(13)25-2/h4-7,12H,3,8-11H2,1-2H3,(H,19,23). The molecule has 1 aromatic heterocycles.